The Balaban J connectivity index is 1.59. The standard InChI is InChI=1S/C26H20F5N5O5S/c1-40-15-6-12(7-16-19(15)36-23(33)42-16)21(37)34-9-25(39,26(29,30)31)17-8-14-20(41-10-24(14,28)22(32)38)18(35-17)11-2-4-13(27)5-3-11/h2-8,39H,9-10H2,1H3,(H2,32,38)(H2,33,36)(H,34,37)/t24?,25-/m0/s1. The molecule has 2 aromatic heterocycles. The lowest BCUT2D eigenvalue weighted by Crippen LogP contribution is -2.51. The van der Waals surface area contributed by atoms with E-state index in [-0.39, 0.29) is 22.0 Å². The Morgan fingerprint density at radius 3 is 2.50 bits per heavy atom. The quantitative estimate of drug-likeness (QED) is 0.232. The number of nitrogens with one attached hydrogen (secondary N) is 1. The molecule has 2 amide bonds. The lowest BCUT2D eigenvalue weighted by molar-refractivity contribution is -0.265. The zero-order valence-electron chi connectivity index (χ0n) is 21.4. The van der Waals surface area contributed by atoms with Crippen molar-refractivity contribution >= 4 is 38.5 Å². The molecule has 0 fully saturated rings. The Morgan fingerprint density at radius 1 is 1.19 bits per heavy atom. The summed E-state index contributed by atoms with van der Waals surface area (Å²) in [5, 5.41) is 13.2. The molecule has 16 heteroatoms. The second-order valence-electron chi connectivity index (χ2n) is 9.31. The second-order valence-corrected chi connectivity index (χ2v) is 10.4. The molecule has 42 heavy (non-hydrogen) atoms. The van der Waals surface area contributed by atoms with Crippen LogP contribution < -0.4 is 26.3 Å². The number of nitrogens with zero attached hydrogens (tertiary/aromatic N) is 2. The molecule has 4 aromatic rings. The summed E-state index contributed by atoms with van der Waals surface area (Å²) in [6, 6.07) is 7.28. The van der Waals surface area contributed by atoms with Crippen molar-refractivity contribution in [2.75, 3.05) is 26.0 Å². The van der Waals surface area contributed by atoms with Crippen LogP contribution in [0.25, 0.3) is 21.5 Å². The number of rotatable bonds is 7. The minimum absolute atomic E-state index is 0.0130. The number of pyridine rings is 1. The van der Waals surface area contributed by atoms with Gasteiger partial charge in [-0.2, -0.15) is 13.2 Å². The minimum atomic E-state index is -5.49. The normalized spacial score (nSPS) is 17.8. The van der Waals surface area contributed by atoms with Crippen LogP contribution in [0.1, 0.15) is 21.6 Å². The van der Waals surface area contributed by atoms with Crippen LogP contribution in [0.2, 0.25) is 0 Å². The SMILES string of the molecule is COc1cc(C(=O)NC[C@](O)(c2cc3c(c(-c4ccc(F)cc4)n2)OCC3(F)C(N)=O)C(F)(F)F)cc2sc(N)nc12. The van der Waals surface area contributed by atoms with Crippen molar-refractivity contribution in [3.8, 4) is 22.8 Å². The topological polar surface area (TPSA) is 163 Å². The van der Waals surface area contributed by atoms with Gasteiger partial charge in [0.1, 0.15) is 29.4 Å². The predicted molar refractivity (Wildman–Crippen MR) is 140 cm³/mol. The number of benzene rings is 2. The number of carbonyl (C=O) groups is 2. The molecule has 2 aromatic carbocycles. The summed E-state index contributed by atoms with van der Waals surface area (Å²) in [6.45, 7) is -2.45. The van der Waals surface area contributed by atoms with Crippen molar-refractivity contribution in [3.05, 3.63) is 65.1 Å². The number of aromatic nitrogens is 2. The van der Waals surface area contributed by atoms with E-state index in [1.54, 1.807) is 0 Å². The van der Waals surface area contributed by atoms with Crippen molar-refractivity contribution in [3.63, 3.8) is 0 Å². The van der Waals surface area contributed by atoms with Gasteiger partial charge in [0.2, 0.25) is 5.60 Å². The Bertz CT molecular complexity index is 1730. The smallest absolute Gasteiger partial charge is 0.424 e. The molecule has 1 aliphatic heterocycles. The van der Waals surface area contributed by atoms with Gasteiger partial charge in [0, 0.05) is 16.7 Å². The van der Waals surface area contributed by atoms with Gasteiger partial charge in [-0.15, -0.1) is 0 Å². The number of carbonyl (C=O) groups excluding carboxylic acids is 2. The van der Waals surface area contributed by atoms with Crippen LogP contribution in [-0.4, -0.2) is 53.3 Å². The Labute approximate surface area is 237 Å². The van der Waals surface area contributed by atoms with E-state index in [9.17, 15) is 32.3 Å². The third-order valence-electron chi connectivity index (χ3n) is 6.68. The number of hydrogen-bond donors (Lipinski definition) is 4. The first-order valence-electron chi connectivity index (χ1n) is 11.9. The van der Waals surface area contributed by atoms with Crippen LogP contribution in [0.5, 0.6) is 11.5 Å². The van der Waals surface area contributed by atoms with Crippen molar-refractivity contribution in [2.45, 2.75) is 17.4 Å². The number of ether oxygens (including phenoxy) is 2. The molecule has 1 unspecified atom stereocenters. The Morgan fingerprint density at radius 2 is 1.88 bits per heavy atom. The molecule has 6 N–H and O–H groups in total. The maximum atomic E-state index is 15.6. The molecule has 3 heterocycles. The number of halogens is 5. The van der Waals surface area contributed by atoms with Crippen molar-refractivity contribution < 1.29 is 46.1 Å². The average molecular weight is 610 g/mol. The molecular weight excluding hydrogens is 589 g/mol. The molecule has 1 aliphatic rings. The van der Waals surface area contributed by atoms with Gasteiger partial charge in [0.05, 0.1) is 24.0 Å². The number of hydrogen-bond acceptors (Lipinski definition) is 9. The zero-order chi connectivity index (χ0) is 30.6. The molecule has 0 spiro atoms. The average Bonchev–Trinajstić information content (AvgIpc) is 3.50. The molecule has 5 rings (SSSR count). The highest BCUT2D eigenvalue weighted by atomic mass is 32.1. The number of nitrogen functional groups attached to an aromatic ring is 1. The first kappa shape index (κ1) is 28.9. The lowest BCUT2D eigenvalue weighted by atomic mass is 9.90. The summed E-state index contributed by atoms with van der Waals surface area (Å²) in [7, 11) is 1.30. The van der Waals surface area contributed by atoms with Crippen LogP contribution in [0.3, 0.4) is 0 Å². The number of nitrogens with two attached hydrogens (primary N) is 2. The fourth-order valence-corrected chi connectivity index (χ4v) is 5.18. The van der Waals surface area contributed by atoms with Crippen molar-refractivity contribution in [1.29, 1.82) is 0 Å². The summed E-state index contributed by atoms with van der Waals surface area (Å²) in [5.74, 6) is -3.56. The molecular formula is C26H20F5N5O5S. The van der Waals surface area contributed by atoms with E-state index >= 15 is 4.39 Å². The number of anilines is 1. The highest BCUT2D eigenvalue weighted by molar-refractivity contribution is 7.22. The van der Waals surface area contributed by atoms with E-state index in [1.165, 1.54) is 19.2 Å². The van der Waals surface area contributed by atoms with Gasteiger partial charge >= 0.3 is 6.18 Å². The molecule has 0 bridgehead atoms. The number of amides is 2. The summed E-state index contributed by atoms with van der Waals surface area (Å²) in [5.41, 5.74) is 1.81. The van der Waals surface area contributed by atoms with E-state index in [4.69, 9.17) is 20.9 Å². The van der Waals surface area contributed by atoms with Crippen molar-refractivity contribution in [1.82, 2.24) is 15.3 Å². The number of alkyl halides is 4. The molecule has 0 saturated carbocycles. The van der Waals surface area contributed by atoms with Gasteiger partial charge in [0.25, 0.3) is 17.5 Å². The number of primary amides is 1. The van der Waals surface area contributed by atoms with E-state index in [0.29, 0.717) is 16.3 Å². The number of methoxy groups -OCH3 is 1. The summed E-state index contributed by atoms with van der Waals surface area (Å²) in [6.07, 6.45) is -5.49. The highest BCUT2D eigenvalue weighted by Crippen LogP contribution is 2.48. The summed E-state index contributed by atoms with van der Waals surface area (Å²) >= 11 is 1.01. The molecule has 10 nitrogen and oxygen atoms in total. The van der Waals surface area contributed by atoms with Gasteiger partial charge in [-0.3, -0.25) is 9.59 Å². The highest BCUT2D eigenvalue weighted by Gasteiger charge is 2.58. The fraction of sp³-hybridized carbons (Fsp3) is 0.231. The first-order chi connectivity index (χ1) is 19.7. The summed E-state index contributed by atoms with van der Waals surface area (Å²) < 4.78 is 83.6. The van der Waals surface area contributed by atoms with Gasteiger partial charge < -0.3 is 31.4 Å². The van der Waals surface area contributed by atoms with E-state index in [1.807, 2.05) is 5.32 Å². The maximum Gasteiger partial charge on any atom is 0.424 e. The van der Waals surface area contributed by atoms with Crippen LogP contribution in [0, 0.1) is 5.82 Å². The number of thiazole rings is 1. The second kappa shape index (κ2) is 10.1. The van der Waals surface area contributed by atoms with Gasteiger partial charge in [-0.1, -0.05) is 11.3 Å². The summed E-state index contributed by atoms with van der Waals surface area (Å²) in [4.78, 5) is 32.9. The van der Waals surface area contributed by atoms with Crippen LogP contribution in [0.4, 0.5) is 27.1 Å². The van der Waals surface area contributed by atoms with Gasteiger partial charge in [-0.05, 0) is 42.5 Å². The van der Waals surface area contributed by atoms with Gasteiger partial charge in [0.15, 0.2) is 10.9 Å². The molecule has 0 aliphatic carbocycles. The lowest BCUT2D eigenvalue weighted by Gasteiger charge is -2.31. The Kier molecular flexibility index (Phi) is 6.93. The van der Waals surface area contributed by atoms with Crippen molar-refractivity contribution in [2.24, 2.45) is 5.73 Å². The monoisotopic (exact) mass is 609 g/mol. The third-order valence-corrected chi connectivity index (χ3v) is 7.51. The fourth-order valence-electron chi connectivity index (χ4n) is 4.39. The van der Waals surface area contributed by atoms with E-state index < -0.39 is 70.9 Å². The third kappa shape index (κ3) is 4.71. The molecule has 220 valence electrons. The number of fused-ring (bicyclic) bond motifs is 2. The van der Waals surface area contributed by atoms with Gasteiger partial charge in [-0.25, -0.2) is 18.7 Å². The van der Waals surface area contributed by atoms with E-state index in [2.05, 4.69) is 9.97 Å². The largest absolute Gasteiger partial charge is 0.494 e. The zero-order valence-corrected chi connectivity index (χ0v) is 22.2. The number of aliphatic hydroxyl groups is 1. The van der Waals surface area contributed by atoms with Crippen LogP contribution in [0.15, 0.2) is 42.5 Å². The van der Waals surface area contributed by atoms with Crippen LogP contribution in [-0.2, 0) is 16.1 Å². The molecule has 2 atom stereocenters. The Hall–Kier alpha value is -4.57. The van der Waals surface area contributed by atoms with Crippen LogP contribution >= 0.6 is 11.3 Å². The predicted octanol–water partition coefficient (Wildman–Crippen LogP) is 3.31. The van der Waals surface area contributed by atoms with E-state index in [0.717, 1.165) is 35.6 Å². The minimum Gasteiger partial charge on any atom is -0.494 e. The first-order valence-corrected chi connectivity index (χ1v) is 12.7. The molecule has 0 saturated heterocycles. The molecule has 0 radical (unpaired) electrons. The maximum absolute atomic E-state index is 15.6.